The number of aromatic nitrogens is 1. The van der Waals surface area contributed by atoms with E-state index in [0.717, 1.165) is 71.5 Å². The van der Waals surface area contributed by atoms with Crippen molar-refractivity contribution in [1.82, 2.24) is 9.88 Å². The average molecular weight is 930 g/mol. The van der Waals surface area contributed by atoms with Crippen molar-refractivity contribution in [3.63, 3.8) is 0 Å². The second-order valence-corrected chi connectivity index (χ2v) is 22.6. The monoisotopic (exact) mass is 930 g/mol. The Morgan fingerprint density at radius 3 is 1.84 bits per heavy atom. The Balaban J connectivity index is 0.811. The number of aliphatic hydroxyl groups is 1. The van der Waals surface area contributed by atoms with Gasteiger partial charge in [0, 0.05) is 29.8 Å². The van der Waals surface area contributed by atoms with Crippen molar-refractivity contribution in [3.05, 3.63) is 174 Å². The summed E-state index contributed by atoms with van der Waals surface area (Å²) in [5, 5.41) is 20.4. The number of carbonyl (C=O) groups excluding carboxylic acids is 1. The van der Waals surface area contributed by atoms with Crippen molar-refractivity contribution in [2.45, 2.75) is 108 Å². The highest BCUT2D eigenvalue weighted by atomic mass is 31.2. The number of esters is 1. The number of hydrogen-bond donors (Lipinski definition) is 1. The van der Waals surface area contributed by atoms with E-state index in [9.17, 15) is 9.90 Å². The first-order chi connectivity index (χ1) is 33.2. The number of ether oxygens (including phenoxy) is 2. The van der Waals surface area contributed by atoms with Crippen LogP contribution in [0.2, 0.25) is 0 Å². The third-order valence-corrected chi connectivity index (χ3v) is 18.6. The maximum absolute atomic E-state index is 12.8. The first kappa shape index (κ1) is 50.5. The molecular weight excluding hydrogens is 856 g/mol. The summed E-state index contributed by atoms with van der Waals surface area (Å²) in [4.78, 5) is 19.6. The number of unbranched alkanes of at least 4 members (excludes halogenated alkanes) is 9. The molecule has 6 aromatic carbocycles. The molecule has 356 valence electrons. The number of aryl methyl sites for hydroxylation is 1. The molecule has 7 aromatic rings. The predicted octanol–water partition coefficient (Wildman–Crippen LogP) is 13.1. The molecule has 0 aliphatic heterocycles. The van der Waals surface area contributed by atoms with Crippen LogP contribution in [0, 0.1) is 0 Å². The van der Waals surface area contributed by atoms with Crippen LogP contribution in [-0.4, -0.2) is 61.5 Å². The van der Waals surface area contributed by atoms with Gasteiger partial charge in [0.2, 0.25) is 5.88 Å². The van der Waals surface area contributed by atoms with Gasteiger partial charge in [-0.2, -0.15) is 0 Å². The molecule has 1 heterocycles. The number of hydrogen-bond acceptors (Lipinski definition) is 6. The number of rotatable bonds is 27. The maximum atomic E-state index is 12.8. The third kappa shape index (κ3) is 12.8. The van der Waals surface area contributed by atoms with Crippen LogP contribution >= 0.6 is 7.26 Å². The van der Waals surface area contributed by atoms with Gasteiger partial charge >= 0.3 is 5.97 Å². The van der Waals surface area contributed by atoms with E-state index in [0.29, 0.717) is 25.3 Å². The zero-order valence-corrected chi connectivity index (χ0v) is 42.0. The molecule has 7 heteroatoms. The molecule has 0 radical (unpaired) electrons. The molecule has 1 aromatic heterocycles. The number of methoxy groups -OCH3 is 1. The first-order valence-electron chi connectivity index (χ1n) is 25.3. The van der Waals surface area contributed by atoms with E-state index in [4.69, 9.17) is 14.5 Å². The van der Waals surface area contributed by atoms with Crippen LogP contribution in [0.25, 0.3) is 21.7 Å². The van der Waals surface area contributed by atoms with E-state index < -0.39 is 12.9 Å². The molecule has 1 N–H and O–H groups in total. The summed E-state index contributed by atoms with van der Waals surface area (Å²) in [6, 6.07) is 56.7. The van der Waals surface area contributed by atoms with Gasteiger partial charge in [0.05, 0.1) is 31.0 Å². The highest BCUT2D eigenvalue weighted by Gasteiger charge is 2.44. The number of carbonyl (C=O) groups is 1. The van der Waals surface area contributed by atoms with Crippen molar-refractivity contribution in [3.8, 4) is 5.88 Å². The van der Waals surface area contributed by atoms with Gasteiger partial charge < -0.3 is 19.5 Å². The van der Waals surface area contributed by atoms with E-state index in [-0.39, 0.29) is 11.9 Å². The third-order valence-electron chi connectivity index (χ3n) is 14.0. The summed E-state index contributed by atoms with van der Waals surface area (Å²) < 4.78 is 11.5. The van der Waals surface area contributed by atoms with Crippen molar-refractivity contribution in [1.29, 1.82) is 0 Å². The van der Waals surface area contributed by atoms with Crippen LogP contribution in [0.3, 0.4) is 0 Å². The lowest BCUT2D eigenvalue weighted by molar-refractivity contribution is -0.143. The normalized spacial score (nSPS) is 13.1. The Morgan fingerprint density at radius 2 is 1.22 bits per heavy atom. The van der Waals surface area contributed by atoms with Gasteiger partial charge in [-0.1, -0.05) is 149 Å². The van der Waals surface area contributed by atoms with Gasteiger partial charge in [0.15, 0.2) is 0 Å². The Morgan fingerprint density at radius 1 is 0.647 bits per heavy atom. The Hall–Kier alpha value is -5.39. The molecule has 7 rings (SSSR count). The summed E-state index contributed by atoms with van der Waals surface area (Å²) in [5.74, 6) is 0.154. The van der Waals surface area contributed by atoms with Crippen LogP contribution in [0.15, 0.2) is 158 Å². The fourth-order valence-electron chi connectivity index (χ4n) is 10.1. The molecular formula is C61H74N2O4P+. The van der Waals surface area contributed by atoms with E-state index in [1.54, 1.807) is 7.11 Å². The molecule has 0 aliphatic carbocycles. The van der Waals surface area contributed by atoms with Gasteiger partial charge in [0.25, 0.3) is 0 Å². The highest BCUT2D eigenvalue weighted by Crippen LogP contribution is 2.56. The topological polar surface area (TPSA) is 71.9 Å². The minimum Gasteiger partial charge on any atom is -0.481 e. The van der Waals surface area contributed by atoms with Crippen LogP contribution in [0.1, 0.15) is 113 Å². The van der Waals surface area contributed by atoms with Gasteiger partial charge in [0.1, 0.15) is 23.2 Å². The van der Waals surface area contributed by atoms with E-state index in [2.05, 4.69) is 151 Å². The lowest BCUT2D eigenvalue weighted by Gasteiger charge is -2.37. The van der Waals surface area contributed by atoms with Crippen LogP contribution < -0.4 is 20.7 Å². The molecule has 68 heavy (non-hydrogen) atoms. The average Bonchev–Trinajstić information content (AvgIpc) is 3.38. The summed E-state index contributed by atoms with van der Waals surface area (Å²) in [5.41, 5.74) is 2.70. The SMILES string of the molecule is COc1nc2ccc(CCCCOC(=O)CCCCCCCCCCC[P+](c3ccccc3)(c3ccccc3)c3ccccc3)cc2cc1[C@@H](C)[C@@](O)(CCN(C)C)c1cccc2ccccc12. The van der Waals surface area contributed by atoms with Crippen molar-refractivity contribution < 1.29 is 19.4 Å². The molecule has 0 fully saturated rings. The lowest BCUT2D eigenvalue weighted by Crippen LogP contribution is -2.36. The molecule has 0 amide bonds. The van der Waals surface area contributed by atoms with E-state index >= 15 is 0 Å². The van der Waals surface area contributed by atoms with Gasteiger partial charge in [-0.15, -0.1) is 0 Å². The van der Waals surface area contributed by atoms with E-state index in [1.807, 2.05) is 32.3 Å². The molecule has 6 nitrogen and oxygen atoms in total. The smallest absolute Gasteiger partial charge is 0.305 e. The summed E-state index contributed by atoms with van der Waals surface area (Å²) in [6.07, 6.45) is 15.5. The highest BCUT2D eigenvalue weighted by molar-refractivity contribution is 7.95. The molecule has 0 spiro atoms. The Labute approximate surface area is 407 Å². The molecule has 0 aliphatic rings. The zero-order valence-electron chi connectivity index (χ0n) is 41.1. The summed E-state index contributed by atoms with van der Waals surface area (Å²) in [6.45, 7) is 3.27. The number of nitrogens with zero attached hydrogens (tertiary/aromatic N) is 2. The van der Waals surface area contributed by atoms with Crippen LogP contribution in [0.4, 0.5) is 0 Å². The summed E-state index contributed by atoms with van der Waals surface area (Å²) >= 11 is 0. The van der Waals surface area contributed by atoms with Gasteiger partial charge in [-0.25, -0.2) is 4.98 Å². The molecule has 0 bridgehead atoms. The quantitative estimate of drug-likeness (QED) is 0.0315. The molecule has 2 atom stereocenters. The Bertz CT molecular complexity index is 2520. The number of benzene rings is 6. The van der Waals surface area contributed by atoms with Crippen molar-refractivity contribution in [2.24, 2.45) is 0 Å². The lowest BCUT2D eigenvalue weighted by atomic mass is 9.74. The number of fused-ring (bicyclic) bond motifs is 2. The van der Waals surface area contributed by atoms with Crippen molar-refractivity contribution >= 4 is 50.8 Å². The van der Waals surface area contributed by atoms with E-state index in [1.165, 1.54) is 72.6 Å². The molecule has 0 unspecified atom stereocenters. The maximum Gasteiger partial charge on any atom is 0.305 e. The minimum absolute atomic E-state index is 0.0770. The summed E-state index contributed by atoms with van der Waals surface area (Å²) in [7, 11) is 4.00. The molecule has 0 saturated carbocycles. The van der Waals surface area contributed by atoms with Crippen LogP contribution in [0.5, 0.6) is 5.88 Å². The standard InChI is InChI=1S/C61H74N2O4P/c1-48(61(65,42-43-63(2)3)57-38-27-30-50-29-22-23-37-55(50)57)56-47-51-46-49(40-41-58(51)62-60(56)66-4)28-24-25-44-67-59(64)39-21-10-8-6-5-7-9-11-26-45-68(52-31-15-12-16-32-52,53-33-17-13-18-34-53)54-35-19-14-20-36-54/h12-20,22-23,27,29-38,40-41,46-48,65H,5-11,21,24-26,28,39,42-45H2,1-4H3/q+1/t48-,61+/m1/s1. The Kier molecular flexibility index (Phi) is 18.8. The van der Waals surface area contributed by atoms with Gasteiger partial charge in [-0.05, 0) is 136 Å². The van der Waals surface area contributed by atoms with Crippen LogP contribution in [-0.2, 0) is 21.6 Å². The minimum atomic E-state index is -1.74. The predicted molar refractivity (Wildman–Crippen MR) is 288 cm³/mol. The van der Waals surface area contributed by atoms with Gasteiger partial charge in [-0.3, -0.25) is 4.79 Å². The fourth-order valence-corrected chi connectivity index (χ4v) is 14.5. The second kappa shape index (κ2) is 25.3. The first-order valence-corrected chi connectivity index (χ1v) is 27.2. The number of pyridine rings is 1. The zero-order chi connectivity index (χ0) is 47.6. The van der Waals surface area contributed by atoms with Crippen molar-refractivity contribution in [2.75, 3.05) is 40.5 Å². The largest absolute Gasteiger partial charge is 0.481 e. The second-order valence-electron chi connectivity index (χ2n) is 19.0. The molecule has 0 saturated heterocycles. The fraction of sp³-hybridized carbons (Fsp3) is 0.377.